The summed E-state index contributed by atoms with van der Waals surface area (Å²) >= 11 is 0. The normalized spacial score (nSPS) is 16.9. The third-order valence-electron chi connectivity index (χ3n) is 5.58. The molecule has 1 heterocycles. The van der Waals surface area contributed by atoms with Crippen molar-refractivity contribution in [2.24, 2.45) is 5.92 Å². The van der Waals surface area contributed by atoms with Gasteiger partial charge in [0.05, 0.1) is 24.3 Å². The number of nitrogens with zero attached hydrogens (tertiary/aromatic N) is 1. The first-order valence-corrected chi connectivity index (χ1v) is 10.7. The highest BCUT2D eigenvalue weighted by molar-refractivity contribution is 5.96. The molecule has 0 aliphatic carbocycles. The molecule has 2 aromatic rings. The van der Waals surface area contributed by atoms with Gasteiger partial charge in [0.2, 0.25) is 5.91 Å². The van der Waals surface area contributed by atoms with Gasteiger partial charge in [0.15, 0.2) is 0 Å². The van der Waals surface area contributed by atoms with E-state index < -0.39 is 47.6 Å². The van der Waals surface area contributed by atoms with Gasteiger partial charge >= 0.3 is 12.1 Å². The van der Waals surface area contributed by atoms with E-state index in [0.29, 0.717) is 6.07 Å². The fourth-order valence-corrected chi connectivity index (χ4v) is 3.93. The maximum absolute atomic E-state index is 14.2. The highest BCUT2D eigenvalue weighted by Crippen LogP contribution is 2.43. The first kappa shape index (κ1) is 25.4. The van der Waals surface area contributed by atoms with Crippen LogP contribution in [0, 0.1) is 17.6 Å². The Hall–Kier alpha value is -3.23. The molecular formula is C25H24F5NO3. The van der Waals surface area contributed by atoms with E-state index in [-0.39, 0.29) is 41.5 Å². The quantitative estimate of drug-likeness (QED) is 0.377. The molecule has 0 bridgehead atoms. The number of benzene rings is 2. The standard InChI is InChI=1S/C25H24F5NO3/c1-14(2)13-34-24(33)23-15(3)31(12-16-8-9-17(26)10-21(16)27)22(32)11-19(23)18-6-4-5-7-20(18)25(28,29)30/h4-10,14,19H,11-13H2,1-3H3. The second kappa shape index (κ2) is 9.95. The first-order valence-electron chi connectivity index (χ1n) is 10.7. The van der Waals surface area contributed by atoms with Crippen LogP contribution in [0.2, 0.25) is 0 Å². The molecule has 3 rings (SSSR count). The average Bonchev–Trinajstić information content (AvgIpc) is 2.75. The molecule has 1 atom stereocenters. The van der Waals surface area contributed by atoms with Crippen molar-refractivity contribution in [3.8, 4) is 0 Å². The number of carbonyl (C=O) groups is 2. The summed E-state index contributed by atoms with van der Waals surface area (Å²) in [5, 5.41) is 0. The van der Waals surface area contributed by atoms with Crippen molar-refractivity contribution in [1.29, 1.82) is 0 Å². The van der Waals surface area contributed by atoms with Crippen LogP contribution in [-0.4, -0.2) is 23.4 Å². The first-order chi connectivity index (χ1) is 15.9. The lowest BCUT2D eigenvalue weighted by molar-refractivity contribution is -0.143. The Balaban J connectivity index is 2.11. The molecule has 1 aliphatic rings. The smallest absolute Gasteiger partial charge is 0.416 e. The van der Waals surface area contributed by atoms with E-state index in [2.05, 4.69) is 0 Å². The van der Waals surface area contributed by atoms with Crippen LogP contribution >= 0.6 is 0 Å². The maximum Gasteiger partial charge on any atom is 0.416 e. The number of allylic oxidation sites excluding steroid dienone is 1. The number of ether oxygens (including phenoxy) is 1. The van der Waals surface area contributed by atoms with Gasteiger partial charge < -0.3 is 9.64 Å². The number of rotatable bonds is 6. The Labute approximate surface area is 194 Å². The molecule has 0 N–H and O–H groups in total. The predicted octanol–water partition coefficient (Wildman–Crippen LogP) is 5.97. The van der Waals surface area contributed by atoms with E-state index in [4.69, 9.17) is 4.74 Å². The van der Waals surface area contributed by atoms with Crippen molar-refractivity contribution in [3.05, 3.63) is 82.1 Å². The number of carbonyl (C=O) groups excluding carboxylic acids is 2. The molecule has 4 nitrogen and oxygen atoms in total. The Kier molecular flexibility index (Phi) is 7.43. The van der Waals surface area contributed by atoms with E-state index in [1.165, 1.54) is 31.2 Å². The molecule has 182 valence electrons. The monoisotopic (exact) mass is 481 g/mol. The summed E-state index contributed by atoms with van der Waals surface area (Å²) in [6.07, 6.45) is -5.14. The Morgan fingerprint density at radius 2 is 1.82 bits per heavy atom. The molecule has 0 saturated heterocycles. The van der Waals surface area contributed by atoms with Crippen molar-refractivity contribution < 1.29 is 36.3 Å². The molecule has 2 aromatic carbocycles. The van der Waals surface area contributed by atoms with Crippen LogP contribution in [0.15, 0.2) is 53.7 Å². The second-order valence-corrected chi connectivity index (χ2v) is 8.55. The molecule has 1 aliphatic heterocycles. The number of alkyl halides is 3. The van der Waals surface area contributed by atoms with Gasteiger partial charge in [0.1, 0.15) is 11.6 Å². The Morgan fingerprint density at radius 3 is 2.44 bits per heavy atom. The number of hydrogen-bond donors (Lipinski definition) is 0. The Morgan fingerprint density at radius 1 is 1.15 bits per heavy atom. The predicted molar refractivity (Wildman–Crippen MR) is 114 cm³/mol. The lowest BCUT2D eigenvalue weighted by Gasteiger charge is -2.35. The molecule has 0 spiro atoms. The zero-order valence-corrected chi connectivity index (χ0v) is 18.9. The summed E-state index contributed by atoms with van der Waals surface area (Å²) in [4.78, 5) is 27.2. The summed E-state index contributed by atoms with van der Waals surface area (Å²) in [6.45, 7) is 4.74. The summed E-state index contributed by atoms with van der Waals surface area (Å²) in [5.74, 6) is -4.33. The molecule has 34 heavy (non-hydrogen) atoms. The number of hydrogen-bond acceptors (Lipinski definition) is 3. The van der Waals surface area contributed by atoms with Gasteiger partial charge in [-0.1, -0.05) is 38.1 Å². The van der Waals surface area contributed by atoms with Crippen molar-refractivity contribution in [1.82, 2.24) is 4.90 Å². The minimum Gasteiger partial charge on any atom is -0.462 e. The second-order valence-electron chi connectivity index (χ2n) is 8.55. The van der Waals surface area contributed by atoms with E-state index in [1.54, 1.807) is 13.8 Å². The van der Waals surface area contributed by atoms with Crippen molar-refractivity contribution in [3.63, 3.8) is 0 Å². The van der Waals surface area contributed by atoms with Gasteiger partial charge in [-0.3, -0.25) is 4.79 Å². The van der Waals surface area contributed by atoms with E-state index in [0.717, 1.165) is 17.0 Å². The van der Waals surface area contributed by atoms with Gasteiger partial charge in [-0.25, -0.2) is 13.6 Å². The molecular weight excluding hydrogens is 457 g/mol. The van der Waals surface area contributed by atoms with Crippen LogP contribution in [0.25, 0.3) is 0 Å². The Bertz CT molecular complexity index is 1120. The maximum atomic E-state index is 14.2. The lowest BCUT2D eigenvalue weighted by atomic mass is 9.81. The van der Waals surface area contributed by atoms with Gasteiger partial charge in [-0.15, -0.1) is 0 Å². The van der Waals surface area contributed by atoms with Gasteiger partial charge in [0, 0.05) is 29.7 Å². The van der Waals surface area contributed by atoms with Crippen LogP contribution in [0.3, 0.4) is 0 Å². The zero-order chi connectivity index (χ0) is 25.2. The molecule has 0 fully saturated rings. The fourth-order valence-electron chi connectivity index (χ4n) is 3.93. The molecule has 9 heteroatoms. The average molecular weight is 481 g/mol. The third-order valence-corrected chi connectivity index (χ3v) is 5.58. The highest BCUT2D eigenvalue weighted by Gasteiger charge is 2.42. The van der Waals surface area contributed by atoms with Crippen molar-refractivity contribution in [2.75, 3.05) is 6.61 Å². The van der Waals surface area contributed by atoms with E-state index in [1.807, 2.05) is 0 Å². The number of esters is 1. The molecule has 0 aromatic heterocycles. The fraction of sp³-hybridized carbons (Fsp3) is 0.360. The minimum absolute atomic E-state index is 0.00172. The minimum atomic E-state index is -4.70. The zero-order valence-electron chi connectivity index (χ0n) is 18.9. The van der Waals surface area contributed by atoms with Crippen LogP contribution in [0.1, 0.15) is 49.8 Å². The van der Waals surface area contributed by atoms with Crippen molar-refractivity contribution >= 4 is 11.9 Å². The summed E-state index contributed by atoms with van der Waals surface area (Å²) < 4.78 is 74.0. The summed E-state index contributed by atoms with van der Waals surface area (Å²) in [6, 6.07) is 7.64. The van der Waals surface area contributed by atoms with E-state index >= 15 is 0 Å². The molecule has 1 amide bonds. The number of amides is 1. The van der Waals surface area contributed by atoms with Gasteiger partial charge in [-0.2, -0.15) is 13.2 Å². The molecule has 0 saturated carbocycles. The number of halogens is 5. The van der Waals surface area contributed by atoms with E-state index in [9.17, 15) is 31.5 Å². The molecule has 1 unspecified atom stereocenters. The van der Waals surface area contributed by atoms with Crippen LogP contribution < -0.4 is 0 Å². The van der Waals surface area contributed by atoms with Gasteiger partial charge in [-0.05, 0) is 30.5 Å². The summed E-state index contributed by atoms with van der Waals surface area (Å²) in [5.41, 5.74) is -1.20. The lowest BCUT2D eigenvalue weighted by Crippen LogP contribution is -2.38. The van der Waals surface area contributed by atoms with Crippen LogP contribution in [-0.2, 0) is 27.0 Å². The largest absolute Gasteiger partial charge is 0.462 e. The topological polar surface area (TPSA) is 46.6 Å². The van der Waals surface area contributed by atoms with Crippen LogP contribution in [0.5, 0.6) is 0 Å². The van der Waals surface area contributed by atoms with Gasteiger partial charge in [0.25, 0.3) is 0 Å². The highest BCUT2D eigenvalue weighted by atomic mass is 19.4. The van der Waals surface area contributed by atoms with Crippen molar-refractivity contribution in [2.45, 2.75) is 45.8 Å². The van der Waals surface area contributed by atoms with Crippen LogP contribution in [0.4, 0.5) is 22.0 Å². The third kappa shape index (κ3) is 5.46. The molecule has 0 radical (unpaired) electrons. The summed E-state index contributed by atoms with van der Waals surface area (Å²) in [7, 11) is 0. The SMILES string of the molecule is CC1=C(C(=O)OCC(C)C)C(c2ccccc2C(F)(F)F)CC(=O)N1Cc1ccc(F)cc1F.